The van der Waals surface area contributed by atoms with Gasteiger partial charge in [0, 0.05) is 38.2 Å². The molecule has 1 atom stereocenters. The molecule has 158 valence electrons. The van der Waals surface area contributed by atoms with E-state index in [1.807, 2.05) is 42.5 Å². The minimum absolute atomic E-state index is 0.00790. The fourth-order valence-corrected chi connectivity index (χ4v) is 5.98. The van der Waals surface area contributed by atoms with Gasteiger partial charge >= 0.3 is 0 Å². The first-order chi connectivity index (χ1) is 14.9. The molecule has 5 rings (SSSR count). The van der Waals surface area contributed by atoms with Crippen LogP contribution in [0.25, 0.3) is 10.8 Å². The van der Waals surface area contributed by atoms with Crippen molar-refractivity contribution in [3.8, 4) is 0 Å². The van der Waals surface area contributed by atoms with Crippen LogP contribution in [0.5, 0.6) is 0 Å². The number of hydrogen-bond acceptors (Lipinski definition) is 4. The van der Waals surface area contributed by atoms with Crippen molar-refractivity contribution < 1.29 is 18.0 Å². The van der Waals surface area contributed by atoms with Crippen molar-refractivity contribution >= 4 is 32.5 Å². The van der Waals surface area contributed by atoms with Gasteiger partial charge in [-0.25, -0.2) is 8.42 Å². The van der Waals surface area contributed by atoms with Crippen molar-refractivity contribution in [3.63, 3.8) is 0 Å². The van der Waals surface area contributed by atoms with Crippen LogP contribution in [0, 0.1) is 0 Å². The molecule has 0 bridgehead atoms. The second-order valence-corrected chi connectivity index (χ2v) is 9.94. The van der Waals surface area contributed by atoms with Crippen molar-refractivity contribution in [2.75, 3.05) is 26.2 Å². The van der Waals surface area contributed by atoms with Gasteiger partial charge in [-0.05, 0) is 28.5 Å². The lowest BCUT2D eigenvalue weighted by Gasteiger charge is -2.35. The number of nitrogens with zero attached hydrogens (tertiary/aromatic N) is 2. The zero-order valence-corrected chi connectivity index (χ0v) is 17.7. The van der Waals surface area contributed by atoms with Gasteiger partial charge in [-0.15, -0.1) is 0 Å². The van der Waals surface area contributed by atoms with Crippen LogP contribution in [0.1, 0.15) is 28.3 Å². The fraction of sp³-hybridized carbons (Fsp3) is 0.250. The van der Waals surface area contributed by atoms with E-state index in [0.29, 0.717) is 18.7 Å². The number of carbonyl (C=O) groups is 2. The van der Waals surface area contributed by atoms with Crippen LogP contribution >= 0.6 is 0 Å². The van der Waals surface area contributed by atoms with E-state index in [2.05, 4.69) is 0 Å². The highest BCUT2D eigenvalue weighted by molar-refractivity contribution is 7.89. The standard InChI is InChI=1S/C24H22N2O4S/c27-23-16-22(20-7-3-4-8-21(20)23)24(28)25-11-13-26(14-12-25)31(29,30)19-10-9-17-5-1-2-6-18(17)15-19/h1-10,15,22H,11-14,16H2. The first-order valence-electron chi connectivity index (χ1n) is 10.3. The van der Waals surface area contributed by atoms with Gasteiger partial charge < -0.3 is 4.90 Å². The molecule has 1 aliphatic heterocycles. The van der Waals surface area contributed by atoms with E-state index in [-0.39, 0.29) is 36.1 Å². The van der Waals surface area contributed by atoms with Gasteiger partial charge in [0.25, 0.3) is 0 Å². The predicted molar refractivity (Wildman–Crippen MR) is 117 cm³/mol. The lowest BCUT2D eigenvalue weighted by atomic mass is 9.99. The highest BCUT2D eigenvalue weighted by Gasteiger charge is 2.38. The Morgan fingerprint density at radius 2 is 1.52 bits per heavy atom. The van der Waals surface area contributed by atoms with Crippen molar-refractivity contribution in [3.05, 3.63) is 77.9 Å². The van der Waals surface area contributed by atoms with Crippen LogP contribution < -0.4 is 0 Å². The summed E-state index contributed by atoms with van der Waals surface area (Å²) in [5.41, 5.74) is 1.40. The van der Waals surface area contributed by atoms with E-state index in [4.69, 9.17) is 0 Å². The van der Waals surface area contributed by atoms with Gasteiger partial charge in [-0.3, -0.25) is 9.59 Å². The number of sulfonamides is 1. The summed E-state index contributed by atoms with van der Waals surface area (Å²) < 4.78 is 27.7. The predicted octanol–water partition coefficient (Wildman–Crippen LogP) is 3.04. The van der Waals surface area contributed by atoms with E-state index >= 15 is 0 Å². The van der Waals surface area contributed by atoms with Crippen LogP contribution in [0.3, 0.4) is 0 Å². The van der Waals surface area contributed by atoms with Gasteiger partial charge in [0.05, 0.1) is 10.8 Å². The molecule has 1 heterocycles. The average molecular weight is 435 g/mol. The molecule has 31 heavy (non-hydrogen) atoms. The Balaban J connectivity index is 1.31. The topological polar surface area (TPSA) is 74.8 Å². The van der Waals surface area contributed by atoms with Gasteiger partial charge in [0.15, 0.2) is 5.78 Å². The maximum atomic E-state index is 13.1. The lowest BCUT2D eigenvalue weighted by Crippen LogP contribution is -2.51. The number of ketones is 1. The number of hydrogen-bond donors (Lipinski definition) is 0. The third-order valence-corrected chi connectivity index (χ3v) is 8.13. The summed E-state index contributed by atoms with van der Waals surface area (Å²) in [5.74, 6) is -0.570. The second-order valence-electron chi connectivity index (χ2n) is 8.01. The van der Waals surface area contributed by atoms with Crippen LogP contribution in [0.15, 0.2) is 71.6 Å². The maximum absolute atomic E-state index is 13.1. The third-order valence-electron chi connectivity index (χ3n) is 6.23. The monoisotopic (exact) mass is 434 g/mol. The Morgan fingerprint density at radius 1 is 0.839 bits per heavy atom. The molecule has 0 saturated carbocycles. The Morgan fingerprint density at radius 3 is 2.29 bits per heavy atom. The van der Waals surface area contributed by atoms with Gasteiger partial charge in [-0.2, -0.15) is 4.31 Å². The molecule has 0 N–H and O–H groups in total. The number of piperazine rings is 1. The molecule has 6 nitrogen and oxygen atoms in total. The molecule has 0 spiro atoms. The number of rotatable bonds is 3. The van der Waals surface area contributed by atoms with Crippen LogP contribution in [0.4, 0.5) is 0 Å². The summed E-state index contributed by atoms with van der Waals surface area (Å²) in [7, 11) is -3.64. The van der Waals surface area contributed by atoms with E-state index in [1.165, 1.54) is 4.31 Å². The van der Waals surface area contributed by atoms with Crippen LogP contribution in [-0.2, 0) is 14.8 Å². The molecule has 2 aliphatic rings. The van der Waals surface area contributed by atoms with Crippen molar-refractivity contribution in [2.24, 2.45) is 0 Å². The minimum atomic E-state index is -3.64. The van der Waals surface area contributed by atoms with E-state index in [9.17, 15) is 18.0 Å². The van der Waals surface area contributed by atoms with Crippen LogP contribution in [0.2, 0.25) is 0 Å². The minimum Gasteiger partial charge on any atom is -0.340 e. The summed E-state index contributed by atoms with van der Waals surface area (Å²) in [6.45, 7) is 1.11. The molecular weight excluding hydrogens is 412 g/mol. The lowest BCUT2D eigenvalue weighted by molar-refractivity contribution is -0.133. The Labute approximate surface area is 181 Å². The molecule has 3 aromatic rings. The smallest absolute Gasteiger partial charge is 0.243 e. The molecule has 1 unspecified atom stereocenters. The quantitative estimate of drug-likeness (QED) is 0.635. The number of amides is 1. The molecule has 1 saturated heterocycles. The van der Waals surface area contributed by atoms with Gasteiger partial charge in [0.1, 0.15) is 0 Å². The molecule has 0 aromatic heterocycles. The Hall–Kier alpha value is -3.03. The largest absolute Gasteiger partial charge is 0.340 e. The van der Waals surface area contributed by atoms with Gasteiger partial charge in [-0.1, -0.05) is 54.6 Å². The molecular formula is C24H22N2O4S. The number of benzene rings is 3. The number of carbonyl (C=O) groups excluding carboxylic acids is 2. The van der Waals surface area contributed by atoms with Crippen LogP contribution in [-0.4, -0.2) is 55.5 Å². The number of fused-ring (bicyclic) bond motifs is 2. The zero-order chi connectivity index (χ0) is 21.6. The van der Waals surface area contributed by atoms with E-state index in [0.717, 1.165) is 16.3 Å². The maximum Gasteiger partial charge on any atom is 0.243 e. The summed E-state index contributed by atoms with van der Waals surface area (Å²) in [4.78, 5) is 27.3. The van der Waals surface area contributed by atoms with E-state index < -0.39 is 15.9 Å². The normalized spacial score (nSPS) is 19.5. The molecule has 3 aromatic carbocycles. The van der Waals surface area contributed by atoms with Gasteiger partial charge in [0.2, 0.25) is 15.9 Å². The second kappa shape index (κ2) is 7.59. The Bertz CT molecular complexity index is 1290. The SMILES string of the molecule is O=C1CC(C(=O)N2CCN(S(=O)(=O)c3ccc4ccccc4c3)CC2)c2ccccc21. The molecule has 1 amide bonds. The average Bonchev–Trinajstić information content (AvgIpc) is 3.15. The summed E-state index contributed by atoms with van der Waals surface area (Å²) in [5, 5.41) is 1.87. The molecule has 0 radical (unpaired) electrons. The number of Topliss-reactive ketones (excluding diaryl/α,β-unsaturated/α-hetero) is 1. The molecule has 1 fully saturated rings. The van der Waals surface area contributed by atoms with Crippen molar-refractivity contribution in [2.45, 2.75) is 17.2 Å². The highest BCUT2D eigenvalue weighted by Crippen LogP contribution is 2.34. The first kappa shape index (κ1) is 19.9. The van der Waals surface area contributed by atoms with Crippen molar-refractivity contribution in [1.29, 1.82) is 0 Å². The zero-order valence-electron chi connectivity index (χ0n) is 16.9. The molecule has 1 aliphatic carbocycles. The van der Waals surface area contributed by atoms with E-state index in [1.54, 1.807) is 29.2 Å². The fourth-order valence-electron chi connectivity index (χ4n) is 4.53. The Kier molecular flexibility index (Phi) is 4.87. The highest BCUT2D eigenvalue weighted by atomic mass is 32.2. The van der Waals surface area contributed by atoms with Crippen molar-refractivity contribution in [1.82, 2.24) is 9.21 Å². The summed E-state index contributed by atoms with van der Waals surface area (Å²) in [6.07, 6.45) is 0.188. The summed E-state index contributed by atoms with van der Waals surface area (Å²) in [6, 6.07) is 20.0. The third kappa shape index (κ3) is 3.43. The molecule has 7 heteroatoms. The first-order valence-corrected chi connectivity index (χ1v) is 11.8. The summed E-state index contributed by atoms with van der Waals surface area (Å²) >= 11 is 0.